The van der Waals surface area contributed by atoms with Gasteiger partial charge in [-0.3, -0.25) is 10.0 Å². The van der Waals surface area contributed by atoms with E-state index in [2.05, 4.69) is 16.8 Å². The summed E-state index contributed by atoms with van der Waals surface area (Å²) in [6, 6.07) is 0. The number of carbonyl (C=O) groups excluding carboxylic acids is 1. The number of carbonyl (C=O) groups is 1. The molecule has 0 atom stereocenters. The van der Waals surface area contributed by atoms with Crippen LogP contribution in [0.2, 0.25) is 0 Å². The quantitative estimate of drug-likeness (QED) is 0.352. The van der Waals surface area contributed by atoms with Gasteiger partial charge in [-0.1, -0.05) is 19.8 Å². The molecule has 0 unspecified atom stereocenters. The first-order valence-electron chi connectivity index (χ1n) is 10.2. The van der Waals surface area contributed by atoms with Crippen molar-refractivity contribution in [1.29, 1.82) is 0 Å². The van der Waals surface area contributed by atoms with Crippen LogP contribution in [-0.4, -0.2) is 73.0 Å². The number of unbranched alkanes of at least 4 members (excludes halogenated alkanes) is 2. The Morgan fingerprint density at radius 3 is 2.59 bits per heavy atom. The first-order chi connectivity index (χ1) is 13.9. The van der Waals surface area contributed by atoms with Crippen LogP contribution in [0, 0.1) is 0 Å². The number of nitrogens with zero attached hydrogens (tertiary/aromatic N) is 3. The molecule has 2 saturated heterocycles. The lowest BCUT2D eigenvalue weighted by atomic mass is 9.98. The number of aryl methyl sites for hydroxylation is 1. The molecule has 1 aromatic heterocycles. The highest BCUT2D eigenvalue weighted by molar-refractivity contribution is 7.91. The molecule has 0 spiro atoms. The van der Waals surface area contributed by atoms with Crippen LogP contribution in [0.3, 0.4) is 0 Å². The molecule has 11 heteroatoms. The number of amides is 1. The maximum Gasteiger partial charge on any atom is 0.266 e. The predicted molar refractivity (Wildman–Crippen MR) is 111 cm³/mol. The van der Waals surface area contributed by atoms with Crippen LogP contribution in [0.5, 0.6) is 0 Å². The highest BCUT2D eigenvalue weighted by Crippen LogP contribution is 2.34. The molecule has 0 radical (unpaired) electrons. The van der Waals surface area contributed by atoms with E-state index in [1.807, 2.05) is 6.20 Å². The Morgan fingerprint density at radius 2 is 1.97 bits per heavy atom. The number of hydrogen-bond acceptors (Lipinski definition) is 8. The van der Waals surface area contributed by atoms with Crippen molar-refractivity contribution in [2.45, 2.75) is 50.2 Å². The first kappa shape index (κ1) is 22.4. The number of piperazine rings is 1. The van der Waals surface area contributed by atoms with Gasteiger partial charge in [0.05, 0.1) is 0 Å². The van der Waals surface area contributed by atoms with Gasteiger partial charge in [0, 0.05) is 63.3 Å². The maximum atomic E-state index is 13.3. The minimum atomic E-state index is -3.94. The van der Waals surface area contributed by atoms with Gasteiger partial charge in [0.25, 0.3) is 5.91 Å². The molecule has 29 heavy (non-hydrogen) atoms. The van der Waals surface area contributed by atoms with Crippen molar-refractivity contribution < 1.29 is 23.2 Å². The fourth-order valence-corrected chi connectivity index (χ4v) is 6.98. The highest BCUT2D eigenvalue weighted by atomic mass is 32.2. The summed E-state index contributed by atoms with van der Waals surface area (Å²) < 4.78 is 31.6. The van der Waals surface area contributed by atoms with Gasteiger partial charge < -0.3 is 9.64 Å². The zero-order chi connectivity index (χ0) is 20.9. The molecule has 1 aromatic rings. The number of thiazole rings is 1. The summed E-state index contributed by atoms with van der Waals surface area (Å²) in [5.41, 5.74) is 1.56. The number of nitrogens with one attached hydrogen (secondary N) is 1. The number of rotatable bonds is 8. The molecular weight excluding hydrogens is 416 g/mol. The fourth-order valence-electron chi connectivity index (χ4n) is 3.88. The molecule has 0 bridgehead atoms. The minimum absolute atomic E-state index is 0.0372. The van der Waals surface area contributed by atoms with Crippen LogP contribution >= 0.6 is 11.3 Å². The Kier molecular flexibility index (Phi) is 7.49. The minimum Gasteiger partial charge on any atom is -0.381 e. The Hall–Kier alpha value is -1.27. The van der Waals surface area contributed by atoms with Crippen LogP contribution in [0.25, 0.3) is 0 Å². The van der Waals surface area contributed by atoms with E-state index in [4.69, 9.17) is 9.94 Å². The first-order valence-corrected chi connectivity index (χ1v) is 12.4. The molecule has 3 heterocycles. The summed E-state index contributed by atoms with van der Waals surface area (Å²) in [6.45, 7) is 4.14. The van der Waals surface area contributed by atoms with E-state index in [0.29, 0.717) is 13.1 Å². The second kappa shape index (κ2) is 9.69. The molecule has 0 aliphatic carbocycles. The summed E-state index contributed by atoms with van der Waals surface area (Å²) in [4.78, 5) is 20.2. The second-order valence-electron chi connectivity index (χ2n) is 7.50. The average molecular weight is 447 g/mol. The maximum absolute atomic E-state index is 13.3. The lowest BCUT2D eigenvalue weighted by molar-refractivity contribution is -0.134. The topological polar surface area (TPSA) is 112 Å². The second-order valence-corrected chi connectivity index (χ2v) is 10.8. The third-order valence-electron chi connectivity index (χ3n) is 5.73. The Balaban J connectivity index is 1.65. The van der Waals surface area contributed by atoms with Crippen LogP contribution in [0.4, 0.5) is 5.13 Å². The number of hydrogen-bond donors (Lipinski definition) is 2. The van der Waals surface area contributed by atoms with Gasteiger partial charge in [0.2, 0.25) is 10.0 Å². The highest BCUT2D eigenvalue weighted by Gasteiger charge is 2.54. The van der Waals surface area contributed by atoms with Crippen molar-refractivity contribution in [3.63, 3.8) is 0 Å². The largest absolute Gasteiger partial charge is 0.381 e. The van der Waals surface area contributed by atoms with Gasteiger partial charge in [-0.2, -0.15) is 4.31 Å². The molecule has 0 aromatic carbocycles. The molecule has 2 aliphatic rings. The number of ether oxygens (including phenoxy) is 1. The molecule has 164 valence electrons. The van der Waals surface area contributed by atoms with Gasteiger partial charge in [0.15, 0.2) is 9.88 Å². The third-order valence-corrected chi connectivity index (χ3v) is 9.47. The number of sulfonamides is 1. The van der Waals surface area contributed by atoms with Crippen molar-refractivity contribution in [3.05, 3.63) is 11.1 Å². The lowest BCUT2D eigenvalue weighted by Crippen LogP contribution is -2.62. The zero-order valence-corrected chi connectivity index (χ0v) is 18.4. The van der Waals surface area contributed by atoms with Crippen molar-refractivity contribution in [2.75, 3.05) is 44.3 Å². The van der Waals surface area contributed by atoms with E-state index in [9.17, 15) is 13.2 Å². The van der Waals surface area contributed by atoms with Crippen molar-refractivity contribution in [1.82, 2.24) is 14.8 Å². The normalized spacial score (nSPS) is 20.6. The summed E-state index contributed by atoms with van der Waals surface area (Å²) in [5.74, 6) is -0.875. The molecule has 0 saturated carbocycles. The standard InChI is InChI=1S/C18H30N4O5S2/c1-2-3-4-5-15-14-19-17(28-15)21-8-10-22(11-9-21)29(25,26)18(16(23)20-24)6-12-27-13-7-18/h14,24H,2-13H2,1H3,(H,20,23). The third kappa shape index (κ3) is 4.58. The lowest BCUT2D eigenvalue weighted by Gasteiger charge is -2.41. The van der Waals surface area contributed by atoms with Gasteiger partial charge in [-0.25, -0.2) is 18.9 Å². The summed E-state index contributed by atoms with van der Waals surface area (Å²) in [5, 5.41) is 10.1. The van der Waals surface area contributed by atoms with Crippen molar-refractivity contribution in [3.8, 4) is 0 Å². The van der Waals surface area contributed by atoms with Gasteiger partial charge in [0.1, 0.15) is 0 Å². The molecule has 3 rings (SSSR count). The molecule has 1 amide bonds. The molecule has 2 N–H and O–H groups in total. The molecule has 2 aliphatic heterocycles. The Bertz CT molecular complexity index is 784. The van der Waals surface area contributed by atoms with E-state index in [1.54, 1.807) is 16.8 Å². The summed E-state index contributed by atoms with van der Waals surface area (Å²) >= 11 is 1.67. The predicted octanol–water partition coefficient (Wildman–Crippen LogP) is 1.38. The smallest absolute Gasteiger partial charge is 0.266 e. The molecule has 9 nitrogen and oxygen atoms in total. The number of aromatic nitrogens is 1. The van der Waals surface area contributed by atoms with Crippen LogP contribution in [-0.2, 0) is 26.0 Å². The van der Waals surface area contributed by atoms with Crippen LogP contribution in [0.15, 0.2) is 6.20 Å². The van der Waals surface area contributed by atoms with Crippen LogP contribution in [0.1, 0.15) is 43.9 Å². The molecular formula is C18H30N4O5S2. The monoisotopic (exact) mass is 446 g/mol. The van der Waals surface area contributed by atoms with E-state index in [0.717, 1.165) is 18.0 Å². The molecule has 2 fully saturated rings. The van der Waals surface area contributed by atoms with E-state index < -0.39 is 20.7 Å². The summed E-state index contributed by atoms with van der Waals surface area (Å²) in [6.07, 6.45) is 6.57. The Labute approximate surface area is 176 Å². The van der Waals surface area contributed by atoms with Crippen molar-refractivity contribution >= 4 is 32.4 Å². The van der Waals surface area contributed by atoms with E-state index in [1.165, 1.54) is 22.0 Å². The van der Waals surface area contributed by atoms with Gasteiger partial charge >= 0.3 is 0 Å². The average Bonchev–Trinajstić information content (AvgIpc) is 3.22. The van der Waals surface area contributed by atoms with E-state index >= 15 is 0 Å². The zero-order valence-electron chi connectivity index (χ0n) is 16.8. The van der Waals surface area contributed by atoms with Crippen molar-refractivity contribution in [2.24, 2.45) is 0 Å². The van der Waals surface area contributed by atoms with Gasteiger partial charge in [-0.15, -0.1) is 11.3 Å². The summed E-state index contributed by atoms with van der Waals surface area (Å²) in [7, 11) is -3.94. The fraction of sp³-hybridized carbons (Fsp3) is 0.778. The Morgan fingerprint density at radius 1 is 1.28 bits per heavy atom. The number of hydroxylamine groups is 1. The van der Waals surface area contributed by atoms with Gasteiger partial charge in [-0.05, 0) is 12.8 Å². The van der Waals surface area contributed by atoms with Crippen LogP contribution < -0.4 is 10.4 Å². The van der Waals surface area contributed by atoms with E-state index in [-0.39, 0.29) is 39.1 Å². The SMILES string of the molecule is CCCCCc1cnc(N2CCN(S(=O)(=O)C3(C(=O)NO)CCOCC3)CC2)s1. The number of anilines is 1.